The average Bonchev–Trinajstić information content (AvgIpc) is 2.24. The van der Waals surface area contributed by atoms with E-state index in [1.54, 1.807) is 0 Å². The van der Waals surface area contributed by atoms with Crippen LogP contribution in [0.3, 0.4) is 0 Å². The Morgan fingerprint density at radius 1 is 1.06 bits per heavy atom. The van der Waals surface area contributed by atoms with E-state index in [4.69, 9.17) is 5.11 Å². The summed E-state index contributed by atoms with van der Waals surface area (Å²) in [7, 11) is 0. The molecule has 0 aliphatic rings. The molecule has 0 saturated carbocycles. The first-order valence-corrected chi connectivity index (χ1v) is 6.89. The van der Waals surface area contributed by atoms with E-state index in [1.807, 2.05) is 13.8 Å². The second kappa shape index (κ2) is 8.51. The second-order valence-electron chi connectivity index (χ2n) is 5.49. The fourth-order valence-electron chi connectivity index (χ4n) is 1.98. The van der Waals surface area contributed by atoms with Crippen molar-refractivity contribution in [1.29, 1.82) is 0 Å². The highest BCUT2D eigenvalue weighted by atomic mass is 16.4. The zero-order valence-electron chi connectivity index (χ0n) is 12.0. The van der Waals surface area contributed by atoms with Gasteiger partial charge in [0.05, 0.1) is 5.41 Å². The number of aliphatic carboxylic acids is 1. The minimum absolute atomic E-state index is 0.569. The van der Waals surface area contributed by atoms with Gasteiger partial charge in [-0.3, -0.25) is 4.79 Å². The first-order chi connectivity index (χ1) is 7.94. The Morgan fingerprint density at radius 2 is 1.59 bits per heavy atom. The van der Waals surface area contributed by atoms with Crippen molar-refractivity contribution in [1.82, 2.24) is 4.90 Å². The maximum Gasteiger partial charge on any atom is 0.309 e. The third-order valence-electron chi connectivity index (χ3n) is 3.18. The van der Waals surface area contributed by atoms with Gasteiger partial charge in [-0.05, 0) is 59.2 Å². The molecule has 102 valence electrons. The highest BCUT2D eigenvalue weighted by Gasteiger charge is 2.25. The minimum atomic E-state index is -0.684. The number of carbonyl (C=O) groups is 1. The predicted octanol–water partition coefficient (Wildman–Crippen LogP) is 3.39. The number of rotatable bonds is 10. The predicted molar refractivity (Wildman–Crippen MR) is 72.3 cm³/mol. The largest absolute Gasteiger partial charge is 0.481 e. The fraction of sp³-hybridized carbons (Fsp3) is 0.929. The van der Waals surface area contributed by atoms with E-state index in [1.165, 1.54) is 12.8 Å². The number of unbranched alkanes of at least 4 members (excludes halogenated alkanes) is 1. The minimum Gasteiger partial charge on any atom is -0.481 e. The van der Waals surface area contributed by atoms with Crippen molar-refractivity contribution in [2.24, 2.45) is 5.41 Å². The Balaban J connectivity index is 3.77. The molecule has 3 heteroatoms. The van der Waals surface area contributed by atoms with Crippen LogP contribution in [-0.2, 0) is 4.79 Å². The third-order valence-corrected chi connectivity index (χ3v) is 3.18. The molecular weight excluding hydrogens is 214 g/mol. The van der Waals surface area contributed by atoms with Crippen molar-refractivity contribution in [2.75, 3.05) is 19.6 Å². The van der Waals surface area contributed by atoms with Gasteiger partial charge in [0.2, 0.25) is 0 Å². The first kappa shape index (κ1) is 16.4. The van der Waals surface area contributed by atoms with Gasteiger partial charge in [-0.15, -0.1) is 0 Å². The van der Waals surface area contributed by atoms with E-state index >= 15 is 0 Å². The summed E-state index contributed by atoms with van der Waals surface area (Å²) >= 11 is 0. The number of nitrogens with zero attached hydrogens (tertiary/aromatic N) is 1. The summed E-state index contributed by atoms with van der Waals surface area (Å²) in [5.74, 6) is -0.684. The molecular formula is C14H29NO2. The monoisotopic (exact) mass is 243 g/mol. The highest BCUT2D eigenvalue weighted by molar-refractivity contribution is 5.73. The van der Waals surface area contributed by atoms with Crippen molar-refractivity contribution >= 4 is 5.97 Å². The molecule has 0 aromatic heterocycles. The van der Waals surface area contributed by atoms with Crippen molar-refractivity contribution in [3.05, 3.63) is 0 Å². The Bertz CT molecular complexity index is 208. The van der Waals surface area contributed by atoms with Crippen LogP contribution in [0.15, 0.2) is 0 Å². The van der Waals surface area contributed by atoms with Gasteiger partial charge in [-0.1, -0.05) is 20.3 Å². The Hall–Kier alpha value is -0.570. The molecule has 0 aliphatic heterocycles. The molecule has 0 amide bonds. The van der Waals surface area contributed by atoms with E-state index in [9.17, 15) is 4.79 Å². The smallest absolute Gasteiger partial charge is 0.309 e. The zero-order chi connectivity index (χ0) is 13.3. The van der Waals surface area contributed by atoms with Crippen LogP contribution < -0.4 is 0 Å². The molecule has 0 radical (unpaired) electrons. The van der Waals surface area contributed by atoms with E-state index in [0.717, 1.165) is 38.9 Å². The Morgan fingerprint density at radius 3 is 2.00 bits per heavy atom. The average molecular weight is 243 g/mol. The summed E-state index contributed by atoms with van der Waals surface area (Å²) in [4.78, 5) is 13.4. The normalized spacial score (nSPS) is 12.1. The summed E-state index contributed by atoms with van der Waals surface area (Å²) in [5, 5.41) is 9.01. The van der Waals surface area contributed by atoms with Gasteiger partial charge in [-0.25, -0.2) is 0 Å². The number of hydrogen-bond donors (Lipinski definition) is 1. The van der Waals surface area contributed by atoms with Crippen LogP contribution in [0.2, 0.25) is 0 Å². The summed E-state index contributed by atoms with van der Waals surface area (Å²) in [6.45, 7) is 11.5. The molecule has 3 nitrogen and oxygen atoms in total. The SMILES string of the molecule is CCCN(CCC)CCCCC(C)(C)C(=O)O. The lowest BCUT2D eigenvalue weighted by molar-refractivity contribution is -0.147. The van der Waals surface area contributed by atoms with Crippen molar-refractivity contribution in [3.63, 3.8) is 0 Å². The summed E-state index contributed by atoms with van der Waals surface area (Å²) in [6, 6.07) is 0. The molecule has 0 aromatic carbocycles. The molecule has 0 rings (SSSR count). The molecule has 0 atom stereocenters. The van der Waals surface area contributed by atoms with Crippen LogP contribution in [0.1, 0.15) is 59.8 Å². The molecule has 0 bridgehead atoms. The van der Waals surface area contributed by atoms with Crippen LogP contribution in [0.25, 0.3) is 0 Å². The van der Waals surface area contributed by atoms with E-state index in [2.05, 4.69) is 18.7 Å². The van der Waals surface area contributed by atoms with Crippen LogP contribution in [0, 0.1) is 5.41 Å². The maximum absolute atomic E-state index is 10.9. The second-order valence-corrected chi connectivity index (χ2v) is 5.49. The number of carboxylic acid groups (broad SMARTS) is 1. The first-order valence-electron chi connectivity index (χ1n) is 6.89. The molecule has 0 fully saturated rings. The number of hydrogen-bond acceptors (Lipinski definition) is 2. The van der Waals surface area contributed by atoms with Crippen LogP contribution in [0.4, 0.5) is 0 Å². The van der Waals surface area contributed by atoms with Gasteiger partial charge in [0.15, 0.2) is 0 Å². The van der Waals surface area contributed by atoms with Crippen LogP contribution in [-0.4, -0.2) is 35.6 Å². The Labute approximate surface area is 106 Å². The van der Waals surface area contributed by atoms with Crippen molar-refractivity contribution < 1.29 is 9.90 Å². The van der Waals surface area contributed by atoms with Crippen molar-refractivity contribution in [3.8, 4) is 0 Å². The van der Waals surface area contributed by atoms with Gasteiger partial charge < -0.3 is 10.0 Å². The summed E-state index contributed by atoms with van der Waals surface area (Å²) < 4.78 is 0. The molecule has 0 spiro atoms. The highest BCUT2D eigenvalue weighted by Crippen LogP contribution is 2.23. The van der Waals surface area contributed by atoms with E-state index in [0.29, 0.717) is 0 Å². The van der Waals surface area contributed by atoms with Gasteiger partial charge in [-0.2, -0.15) is 0 Å². The van der Waals surface area contributed by atoms with Gasteiger partial charge in [0.1, 0.15) is 0 Å². The lowest BCUT2D eigenvalue weighted by atomic mass is 9.87. The van der Waals surface area contributed by atoms with E-state index < -0.39 is 11.4 Å². The topological polar surface area (TPSA) is 40.5 Å². The zero-order valence-corrected chi connectivity index (χ0v) is 12.0. The molecule has 0 heterocycles. The molecule has 0 saturated heterocycles. The quantitative estimate of drug-likeness (QED) is 0.598. The van der Waals surface area contributed by atoms with Crippen LogP contribution in [0.5, 0.6) is 0 Å². The molecule has 17 heavy (non-hydrogen) atoms. The summed E-state index contributed by atoms with van der Waals surface area (Å²) in [6.07, 6.45) is 5.27. The fourth-order valence-corrected chi connectivity index (χ4v) is 1.98. The third kappa shape index (κ3) is 7.37. The van der Waals surface area contributed by atoms with Gasteiger partial charge >= 0.3 is 5.97 Å². The van der Waals surface area contributed by atoms with Gasteiger partial charge in [0.25, 0.3) is 0 Å². The lowest BCUT2D eigenvalue weighted by Gasteiger charge is -2.22. The standard InChI is InChI=1S/C14H29NO2/c1-5-10-15(11-6-2)12-8-7-9-14(3,4)13(16)17/h5-12H2,1-4H3,(H,16,17). The maximum atomic E-state index is 10.9. The molecule has 0 unspecified atom stereocenters. The van der Waals surface area contributed by atoms with Gasteiger partial charge in [0, 0.05) is 0 Å². The molecule has 1 N–H and O–H groups in total. The lowest BCUT2D eigenvalue weighted by Crippen LogP contribution is -2.27. The molecule has 0 aliphatic carbocycles. The summed E-state index contributed by atoms with van der Waals surface area (Å²) in [5.41, 5.74) is -0.569. The van der Waals surface area contributed by atoms with E-state index in [-0.39, 0.29) is 0 Å². The number of carboxylic acids is 1. The van der Waals surface area contributed by atoms with Crippen molar-refractivity contribution in [2.45, 2.75) is 59.8 Å². The Kier molecular flexibility index (Phi) is 8.23. The van der Waals surface area contributed by atoms with Crippen LogP contribution >= 0.6 is 0 Å². The molecule has 0 aromatic rings.